The minimum atomic E-state index is -0.532. The molecule has 6 heteroatoms. The van der Waals surface area contributed by atoms with Crippen molar-refractivity contribution in [2.75, 3.05) is 27.8 Å². The summed E-state index contributed by atoms with van der Waals surface area (Å²) in [5, 5.41) is 0. The number of nitrogens with zero attached hydrogens (tertiary/aromatic N) is 2. The molecule has 1 aliphatic heterocycles. The van der Waals surface area contributed by atoms with Crippen molar-refractivity contribution in [3.8, 4) is 28.8 Å². The zero-order valence-corrected chi connectivity index (χ0v) is 15.5. The maximum absolute atomic E-state index is 12.0. The molecular formula is C21H20N2O4. The molecule has 3 rings (SSSR count). The van der Waals surface area contributed by atoms with Crippen molar-refractivity contribution in [3.05, 3.63) is 47.7 Å². The fraction of sp³-hybridized carbons (Fsp3) is 0.286. The van der Waals surface area contributed by atoms with Crippen LogP contribution in [0.3, 0.4) is 0 Å². The Balaban J connectivity index is 1.92. The number of hydrogen-bond donors (Lipinski definition) is 0. The highest BCUT2D eigenvalue weighted by atomic mass is 16.5. The Morgan fingerprint density at radius 1 is 1.26 bits per heavy atom. The molecule has 0 radical (unpaired) electrons. The molecule has 6 nitrogen and oxygen atoms in total. The van der Waals surface area contributed by atoms with Crippen molar-refractivity contribution in [3.63, 3.8) is 0 Å². The molecule has 1 atom stereocenters. The quantitative estimate of drug-likeness (QED) is 0.618. The van der Waals surface area contributed by atoms with E-state index in [1.54, 1.807) is 18.0 Å². The molecule has 1 amide bonds. The first-order chi connectivity index (χ1) is 13.0. The molecule has 1 unspecified atom stereocenters. The van der Waals surface area contributed by atoms with Gasteiger partial charge in [0.15, 0.2) is 5.69 Å². The Morgan fingerprint density at radius 2 is 2.07 bits per heavy atom. The van der Waals surface area contributed by atoms with E-state index in [0.29, 0.717) is 11.4 Å². The van der Waals surface area contributed by atoms with Gasteiger partial charge in [0.25, 0.3) is 0 Å². The SMILES string of the molecule is COC(=O)c1cc(OC)cc(-c2cccc(C#CC3CCN(C)C3=O)c2)n1. The number of hydrogen-bond acceptors (Lipinski definition) is 5. The third-order valence-electron chi connectivity index (χ3n) is 4.41. The lowest BCUT2D eigenvalue weighted by atomic mass is 10.1. The van der Waals surface area contributed by atoms with Crippen molar-refractivity contribution in [2.24, 2.45) is 5.92 Å². The molecule has 2 heterocycles. The summed E-state index contributed by atoms with van der Waals surface area (Å²) in [6, 6.07) is 10.8. The number of aromatic nitrogens is 1. The number of rotatable bonds is 3. The number of benzene rings is 1. The Morgan fingerprint density at radius 3 is 2.74 bits per heavy atom. The Labute approximate surface area is 158 Å². The van der Waals surface area contributed by atoms with Gasteiger partial charge in [-0.25, -0.2) is 9.78 Å². The summed E-state index contributed by atoms with van der Waals surface area (Å²) >= 11 is 0. The van der Waals surface area contributed by atoms with E-state index < -0.39 is 5.97 Å². The lowest BCUT2D eigenvalue weighted by Gasteiger charge is -2.08. The van der Waals surface area contributed by atoms with Gasteiger partial charge in [0.2, 0.25) is 5.91 Å². The Hall–Kier alpha value is -3.33. The maximum Gasteiger partial charge on any atom is 0.356 e. The van der Waals surface area contributed by atoms with E-state index in [0.717, 1.165) is 24.1 Å². The summed E-state index contributed by atoms with van der Waals surface area (Å²) in [5.74, 6) is 5.93. The van der Waals surface area contributed by atoms with Crippen molar-refractivity contribution < 1.29 is 19.1 Å². The summed E-state index contributed by atoms with van der Waals surface area (Å²) in [4.78, 5) is 29.9. The molecule has 0 saturated carbocycles. The van der Waals surface area contributed by atoms with E-state index in [1.807, 2.05) is 24.3 Å². The third kappa shape index (κ3) is 4.09. The van der Waals surface area contributed by atoms with Crippen LogP contribution in [-0.2, 0) is 9.53 Å². The van der Waals surface area contributed by atoms with Crippen LogP contribution in [0.15, 0.2) is 36.4 Å². The number of amides is 1. The fourth-order valence-corrected chi connectivity index (χ4v) is 2.86. The number of likely N-dealkylation sites (tertiary alicyclic amines) is 1. The highest BCUT2D eigenvalue weighted by molar-refractivity contribution is 5.88. The van der Waals surface area contributed by atoms with Crippen molar-refractivity contribution in [1.82, 2.24) is 9.88 Å². The smallest absolute Gasteiger partial charge is 0.356 e. The van der Waals surface area contributed by atoms with E-state index in [-0.39, 0.29) is 17.5 Å². The summed E-state index contributed by atoms with van der Waals surface area (Å²) in [6.45, 7) is 0.738. The summed E-state index contributed by atoms with van der Waals surface area (Å²) < 4.78 is 10.0. The van der Waals surface area contributed by atoms with Gasteiger partial charge in [0, 0.05) is 36.9 Å². The molecule has 1 fully saturated rings. The molecule has 0 bridgehead atoms. The van der Waals surface area contributed by atoms with E-state index in [2.05, 4.69) is 16.8 Å². The summed E-state index contributed by atoms with van der Waals surface area (Å²) in [5.41, 5.74) is 2.32. The lowest BCUT2D eigenvalue weighted by molar-refractivity contribution is -0.128. The molecule has 27 heavy (non-hydrogen) atoms. The Kier molecular flexibility index (Phi) is 5.41. The first-order valence-corrected chi connectivity index (χ1v) is 8.53. The topological polar surface area (TPSA) is 68.7 Å². The van der Waals surface area contributed by atoms with Gasteiger partial charge in [0.05, 0.1) is 19.9 Å². The monoisotopic (exact) mass is 364 g/mol. The molecule has 2 aromatic rings. The lowest BCUT2D eigenvalue weighted by Crippen LogP contribution is -2.21. The average molecular weight is 364 g/mol. The normalized spacial score (nSPS) is 15.9. The fourth-order valence-electron chi connectivity index (χ4n) is 2.86. The van der Waals surface area contributed by atoms with Gasteiger partial charge < -0.3 is 14.4 Å². The molecule has 0 spiro atoms. The average Bonchev–Trinajstić information content (AvgIpc) is 3.03. The van der Waals surface area contributed by atoms with E-state index in [9.17, 15) is 9.59 Å². The Bertz CT molecular complexity index is 943. The first kappa shape index (κ1) is 18.5. The van der Waals surface area contributed by atoms with Crippen LogP contribution in [0.5, 0.6) is 5.75 Å². The molecule has 0 aliphatic carbocycles. The second-order valence-electron chi connectivity index (χ2n) is 6.22. The number of pyridine rings is 1. The number of ether oxygens (including phenoxy) is 2. The molecule has 1 aromatic heterocycles. The van der Waals surface area contributed by atoms with Gasteiger partial charge in [0.1, 0.15) is 11.7 Å². The van der Waals surface area contributed by atoms with Crippen LogP contribution in [0, 0.1) is 17.8 Å². The van der Waals surface area contributed by atoms with Crippen LogP contribution in [0.4, 0.5) is 0 Å². The van der Waals surface area contributed by atoms with Crippen LogP contribution in [-0.4, -0.2) is 49.6 Å². The van der Waals surface area contributed by atoms with Crippen molar-refractivity contribution >= 4 is 11.9 Å². The molecule has 138 valence electrons. The standard InChI is InChI=1S/C21H20N2O4/c1-23-10-9-15(20(23)24)8-7-14-5-4-6-16(11-14)18-12-17(26-2)13-19(22-18)21(25)27-3/h4-6,11-13,15H,9-10H2,1-3H3. The summed E-state index contributed by atoms with van der Waals surface area (Å²) in [6.07, 6.45) is 0.752. The predicted molar refractivity (Wildman–Crippen MR) is 100 cm³/mol. The number of carbonyl (C=O) groups is 2. The number of carbonyl (C=O) groups excluding carboxylic acids is 2. The van der Waals surface area contributed by atoms with Crippen LogP contribution in [0.1, 0.15) is 22.5 Å². The highest BCUT2D eigenvalue weighted by Gasteiger charge is 2.27. The van der Waals surface area contributed by atoms with Gasteiger partial charge in [-0.1, -0.05) is 24.0 Å². The minimum absolute atomic E-state index is 0.0656. The molecule has 0 N–H and O–H groups in total. The second-order valence-corrected chi connectivity index (χ2v) is 6.22. The molecule has 1 aromatic carbocycles. The van der Waals surface area contributed by atoms with E-state index in [4.69, 9.17) is 9.47 Å². The zero-order valence-electron chi connectivity index (χ0n) is 15.5. The largest absolute Gasteiger partial charge is 0.497 e. The zero-order chi connectivity index (χ0) is 19.4. The van der Waals surface area contributed by atoms with Crippen LogP contribution >= 0.6 is 0 Å². The van der Waals surface area contributed by atoms with Crippen LogP contribution in [0.2, 0.25) is 0 Å². The van der Waals surface area contributed by atoms with Crippen molar-refractivity contribution in [1.29, 1.82) is 0 Å². The summed E-state index contributed by atoms with van der Waals surface area (Å²) in [7, 11) is 4.62. The van der Waals surface area contributed by atoms with Gasteiger partial charge >= 0.3 is 5.97 Å². The number of esters is 1. The van der Waals surface area contributed by atoms with Gasteiger partial charge in [-0.05, 0) is 18.6 Å². The van der Waals surface area contributed by atoms with Crippen molar-refractivity contribution in [2.45, 2.75) is 6.42 Å². The molecule has 1 saturated heterocycles. The highest BCUT2D eigenvalue weighted by Crippen LogP contribution is 2.24. The van der Waals surface area contributed by atoms with E-state index in [1.165, 1.54) is 20.3 Å². The van der Waals surface area contributed by atoms with Crippen LogP contribution < -0.4 is 4.74 Å². The van der Waals surface area contributed by atoms with Gasteiger partial charge in [-0.2, -0.15) is 0 Å². The predicted octanol–water partition coefficient (Wildman–Crippen LogP) is 2.37. The van der Waals surface area contributed by atoms with Gasteiger partial charge in [-0.15, -0.1) is 0 Å². The molecular weight excluding hydrogens is 344 g/mol. The minimum Gasteiger partial charge on any atom is -0.497 e. The molecule has 1 aliphatic rings. The first-order valence-electron chi connectivity index (χ1n) is 8.53. The maximum atomic E-state index is 12.0. The third-order valence-corrected chi connectivity index (χ3v) is 4.41. The number of methoxy groups -OCH3 is 2. The van der Waals surface area contributed by atoms with E-state index >= 15 is 0 Å². The second kappa shape index (κ2) is 7.92. The van der Waals surface area contributed by atoms with Gasteiger partial charge in [-0.3, -0.25) is 4.79 Å². The van der Waals surface area contributed by atoms with Crippen LogP contribution in [0.25, 0.3) is 11.3 Å².